The lowest BCUT2D eigenvalue weighted by atomic mass is 9.76. The number of benzene rings is 5. The smallest absolute Gasteiger partial charge is 0.497 e. The van der Waals surface area contributed by atoms with Crippen LogP contribution < -0.4 is 14.2 Å². The number of hydrogen-bond donors (Lipinski definition) is 0. The fourth-order valence-corrected chi connectivity index (χ4v) is 13.4. The third-order valence-corrected chi connectivity index (χ3v) is 15.4. The van der Waals surface area contributed by atoms with Crippen LogP contribution in [0.1, 0.15) is 130 Å². The normalized spacial score (nSPS) is 17.3. The first kappa shape index (κ1) is 46.5. The lowest BCUT2D eigenvalue weighted by Crippen LogP contribution is -2.57. The summed E-state index contributed by atoms with van der Waals surface area (Å²) in [5.41, 5.74) is 6.73. The van der Waals surface area contributed by atoms with Gasteiger partial charge >= 0.3 is 8.80 Å². The van der Waals surface area contributed by atoms with Crippen LogP contribution in [0, 0.1) is 6.92 Å². The van der Waals surface area contributed by atoms with E-state index in [0.29, 0.717) is 25.7 Å². The molecule has 336 valence electrons. The Morgan fingerprint density at radius 1 is 0.651 bits per heavy atom. The van der Waals surface area contributed by atoms with Crippen molar-refractivity contribution in [3.63, 3.8) is 0 Å². The molecule has 7 nitrogen and oxygen atoms in total. The molecule has 1 aliphatic heterocycles. The van der Waals surface area contributed by atoms with Gasteiger partial charge in [-0.1, -0.05) is 92.2 Å². The molecule has 8 heteroatoms. The van der Waals surface area contributed by atoms with Crippen LogP contribution in [0.15, 0.2) is 97.1 Å². The van der Waals surface area contributed by atoms with Crippen LogP contribution in [0.2, 0.25) is 6.04 Å². The molecular formula is C55H70O7Si. The lowest BCUT2D eigenvalue weighted by Gasteiger charge is -2.44. The molecule has 0 radical (unpaired) electrons. The van der Waals surface area contributed by atoms with E-state index in [9.17, 15) is 0 Å². The second-order valence-electron chi connectivity index (χ2n) is 21.4. The summed E-state index contributed by atoms with van der Waals surface area (Å²) in [6.45, 7) is 30.4. The number of hydrogen-bond acceptors (Lipinski definition) is 7. The first-order valence-electron chi connectivity index (χ1n) is 22.6. The Kier molecular flexibility index (Phi) is 12.4. The van der Waals surface area contributed by atoms with E-state index in [1.165, 1.54) is 33.2 Å². The van der Waals surface area contributed by atoms with Gasteiger partial charge in [-0.25, -0.2) is 0 Å². The summed E-state index contributed by atoms with van der Waals surface area (Å²) in [5, 5.41) is 2.30. The fraction of sp³-hybridized carbons (Fsp3) is 0.455. The van der Waals surface area contributed by atoms with Crippen molar-refractivity contribution >= 4 is 25.7 Å². The third kappa shape index (κ3) is 9.96. The monoisotopic (exact) mass is 870 g/mol. The van der Waals surface area contributed by atoms with Gasteiger partial charge in [0, 0.05) is 33.5 Å². The number of rotatable bonds is 14. The van der Waals surface area contributed by atoms with Crippen LogP contribution in [0.25, 0.3) is 28.0 Å². The van der Waals surface area contributed by atoms with E-state index in [1.54, 1.807) is 7.11 Å². The average Bonchev–Trinajstić information content (AvgIpc) is 3.43. The second-order valence-corrected chi connectivity index (χ2v) is 23.9. The van der Waals surface area contributed by atoms with Crippen molar-refractivity contribution in [3.8, 4) is 28.4 Å². The van der Waals surface area contributed by atoms with Gasteiger partial charge in [0.2, 0.25) is 0 Å². The standard InChI is InChI=1S/C55H70O7Si/c1-37-20-29-44-46(36-37)54(13,14)48-45-30-31-55(38-21-25-40(56-15)26-22-38,59-49(45)43-19-17-16-18-42(43)47(44)48)39-23-27-41(28-24-39)57-33-34-58-53(11,12)32-35-63(60-50(2,3)4,61-51(5,6)7)62-52(8,9)10/h16-31,36H,32-35H2,1-15H3. The SMILES string of the molecule is COc1ccc(C2(c3ccc(OCCOC(C)(C)CC[Si](OC(C)(C)C)(OC(C)(C)C)OC(C)(C)C)cc3)C=Cc3c4c(c5ccccc5c3O2)-c2ccc(C)cc2C4(C)C)cc1. The molecule has 0 amide bonds. The van der Waals surface area contributed by atoms with Gasteiger partial charge in [-0.05, 0) is 147 Å². The molecule has 0 saturated heterocycles. The van der Waals surface area contributed by atoms with Gasteiger partial charge in [-0.3, -0.25) is 0 Å². The highest BCUT2D eigenvalue weighted by molar-refractivity contribution is 6.61. The topological polar surface area (TPSA) is 64.6 Å². The fourth-order valence-electron chi connectivity index (χ4n) is 9.28. The Bertz CT molecular complexity index is 2420. The molecule has 5 aromatic carbocycles. The molecule has 5 aromatic rings. The van der Waals surface area contributed by atoms with E-state index in [-0.39, 0.29) is 5.41 Å². The van der Waals surface area contributed by atoms with Crippen molar-refractivity contribution in [2.75, 3.05) is 20.3 Å². The Hall–Kier alpha value is -4.44. The van der Waals surface area contributed by atoms with E-state index >= 15 is 0 Å². The van der Waals surface area contributed by atoms with Crippen LogP contribution in [0.4, 0.5) is 0 Å². The number of methoxy groups -OCH3 is 1. The van der Waals surface area contributed by atoms with Gasteiger partial charge in [0.1, 0.15) is 23.9 Å². The third-order valence-electron chi connectivity index (χ3n) is 11.8. The zero-order valence-corrected chi connectivity index (χ0v) is 41.5. The first-order valence-corrected chi connectivity index (χ1v) is 24.5. The highest BCUT2D eigenvalue weighted by Crippen LogP contribution is 2.58. The summed E-state index contributed by atoms with van der Waals surface area (Å²) in [6, 6.07) is 32.7. The van der Waals surface area contributed by atoms with Crippen LogP contribution in [-0.2, 0) is 29.0 Å². The van der Waals surface area contributed by atoms with E-state index in [4.69, 9.17) is 32.2 Å². The minimum Gasteiger partial charge on any atom is -0.497 e. The van der Waals surface area contributed by atoms with Gasteiger partial charge in [0.15, 0.2) is 5.60 Å². The van der Waals surface area contributed by atoms with Crippen LogP contribution in [-0.4, -0.2) is 51.5 Å². The van der Waals surface area contributed by atoms with Gasteiger partial charge in [0.05, 0.1) is 36.1 Å². The predicted octanol–water partition coefficient (Wildman–Crippen LogP) is 13.8. The molecule has 1 atom stereocenters. The summed E-state index contributed by atoms with van der Waals surface area (Å²) < 4.78 is 46.1. The maximum Gasteiger partial charge on any atom is 0.502 e. The summed E-state index contributed by atoms with van der Waals surface area (Å²) in [5.74, 6) is 2.43. The Balaban J connectivity index is 1.13. The molecule has 0 saturated carbocycles. The Morgan fingerprint density at radius 3 is 1.76 bits per heavy atom. The largest absolute Gasteiger partial charge is 0.502 e. The molecule has 0 N–H and O–H groups in total. The highest BCUT2D eigenvalue weighted by atomic mass is 28.4. The summed E-state index contributed by atoms with van der Waals surface area (Å²) >= 11 is 0. The summed E-state index contributed by atoms with van der Waals surface area (Å²) in [4.78, 5) is 0. The lowest BCUT2D eigenvalue weighted by molar-refractivity contribution is -0.0823. The molecule has 2 aliphatic rings. The molecule has 7 rings (SSSR count). The summed E-state index contributed by atoms with van der Waals surface area (Å²) in [7, 11) is -1.47. The number of fused-ring (bicyclic) bond motifs is 8. The molecular weight excluding hydrogens is 801 g/mol. The van der Waals surface area contributed by atoms with Crippen molar-refractivity contribution in [2.45, 2.75) is 143 Å². The maximum atomic E-state index is 7.51. The first-order chi connectivity index (χ1) is 29.3. The van der Waals surface area contributed by atoms with E-state index in [0.717, 1.165) is 39.3 Å². The van der Waals surface area contributed by atoms with Gasteiger partial charge in [-0.15, -0.1) is 0 Å². The molecule has 63 heavy (non-hydrogen) atoms. The Labute approximate surface area is 378 Å². The predicted molar refractivity (Wildman–Crippen MR) is 259 cm³/mol. The van der Waals surface area contributed by atoms with Crippen LogP contribution in [0.3, 0.4) is 0 Å². The Morgan fingerprint density at radius 2 is 1.21 bits per heavy atom. The van der Waals surface area contributed by atoms with Crippen molar-refractivity contribution in [1.29, 1.82) is 0 Å². The zero-order valence-electron chi connectivity index (χ0n) is 40.5. The summed E-state index contributed by atoms with van der Waals surface area (Å²) in [6.07, 6.45) is 5.22. The molecule has 0 bridgehead atoms. The molecule has 0 aromatic heterocycles. The molecule has 1 heterocycles. The van der Waals surface area contributed by atoms with E-state index in [2.05, 4.69) is 176 Å². The minimum absolute atomic E-state index is 0.217. The molecule has 1 aliphatic carbocycles. The van der Waals surface area contributed by atoms with Crippen molar-refractivity contribution in [1.82, 2.24) is 0 Å². The molecule has 0 spiro atoms. The maximum absolute atomic E-state index is 7.51. The van der Waals surface area contributed by atoms with Crippen molar-refractivity contribution < 1.29 is 32.2 Å². The molecule has 0 fully saturated rings. The molecule has 1 unspecified atom stereocenters. The second kappa shape index (κ2) is 16.8. The van der Waals surface area contributed by atoms with Crippen molar-refractivity contribution in [2.24, 2.45) is 0 Å². The van der Waals surface area contributed by atoms with Gasteiger partial charge < -0.3 is 32.2 Å². The van der Waals surface area contributed by atoms with Crippen molar-refractivity contribution in [3.05, 3.63) is 130 Å². The van der Waals surface area contributed by atoms with Gasteiger partial charge in [0.25, 0.3) is 0 Å². The van der Waals surface area contributed by atoms with E-state index < -0.39 is 36.8 Å². The van der Waals surface area contributed by atoms with Crippen LogP contribution >= 0.6 is 0 Å². The van der Waals surface area contributed by atoms with E-state index in [1.807, 2.05) is 24.3 Å². The van der Waals surface area contributed by atoms with Crippen LogP contribution in [0.5, 0.6) is 17.2 Å². The zero-order chi connectivity index (χ0) is 45.8. The quantitative estimate of drug-likeness (QED) is 0.0813. The number of aryl methyl sites for hydroxylation is 1. The number of ether oxygens (including phenoxy) is 4. The minimum atomic E-state index is -3.16. The average molecular weight is 871 g/mol. The highest BCUT2D eigenvalue weighted by Gasteiger charge is 2.51. The van der Waals surface area contributed by atoms with Gasteiger partial charge in [-0.2, -0.15) is 0 Å².